The highest BCUT2D eigenvalue weighted by Crippen LogP contribution is 2.32. The van der Waals surface area contributed by atoms with E-state index in [9.17, 15) is 9.59 Å². The van der Waals surface area contributed by atoms with Gasteiger partial charge in [-0.15, -0.1) is 0 Å². The van der Waals surface area contributed by atoms with Gasteiger partial charge in [0.2, 0.25) is 11.9 Å². The molecule has 0 saturated heterocycles. The summed E-state index contributed by atoms with van der Waals surface area (Å²) in [4.78, 5) is 38.7. The van der Waals surface area contributed by atoms with Gasteiger partial charge in [0.1, 0.15) is 5.82 Å². The van der Waals surface area contributed by atoms with Crippen molar-refractivity contribution in [1.29, 1.82) is 0 Å². The zero-order chi connectivity index (χ0) is 23.4. The Labute approximate surface area is 193 Å². The summed E-state index contributed by atoms with van der Waals surface area (Å²) < 4.78 is 0. The van der Waals surface area contributed by atoms with Crippen molar-refractivity contribution in [2.75, 3.05) is 6.54 Å². The van der Waals surface area contributed by atoms with Crippen LogP contribution in [-0.4, -0.2) is 35.0 Å². The van der Waals surface area contributed by atoms with Crippen molar-refractivity contribution < 1.29 is 4.79 Å². The minimum Gasteiger partial charge on any atom is -0.347 e. The molecule has 1 fully saturated rings. The van der Waals surface area contributed by atoms with E-state index in [1.54, 1.807) is 35.2 Å². The summed E-state index contributed by atoms with van der Waals surface area (Å²) in [5.74, 6) is 1.23. The lowest BCUT2D eigenvalue weighted by Gasteiger charge is -2.25. The summed E-state index contributed by atoms with van der Waals surface area (Å²) in [5, 5.41) is 4.57. The van der Waals surface area contributed by atoms with Crippen LogP contribution in [0, 0.1) is 11.8 Å². The fourth-order valence-corrected chi connectivity index (χ4v) is 3.68. The van der Waals surface area contributed by atoms with Crippen LogP contribution < -0.4 is 10.9 Å². The van der Waals surface area contributed by atoms with E-state index >= 15 is 0 Å². The van der Waals surface area contributed by atoms with E-state index in [-0.39, 0.29) is 29.3 Å². The molecule has 32 heavy (non-hydrogen) atoms. The van der Waals surface area contributed by atoms with Crippen molar-refractivity contribution >= 4 is 41.1 Å². The minimum absolute atomic E-state index is 0.0777. The number of allylic oxidation sites excluding steroid dienone is 1. The summed E-state index contributed by atoms with van der Waals surface area (Å²) >= 11 is 6.10. The van der Waals surface area contributed by atoms with Gasteiger partial charge in [-0.3, -0.25) is 14.5 Å². The molecule has 2 aromatic rings. The molecule has 0 spiro atoms. The summed E-state index contributed by atoms with van der Waals surface area (Å²) in [7, 11) is 0. The fraction of sp³-hybridized carbons (Fsp3) is 0.417. The van der Waals surface area contributed by atoms with Gasteiger partial charge in [-0.05, 0) is 69.7 Å². The Kier molecular flexibility index (Phi) is 7.51. The van der Waals surface area contributed by atoms with E-state index < -0.39 is 6.04 Å². The molecule has 0 radical (unpaired) electrons. The molecule has 1 aliphatic carbocycles. The third-order valence-electron chi connectivity index (χ3n) is 5.29. The molecule has 3 rings (SSSR count). The van der Waals surface area contributed by atoms with Crippen LogP contribution in [-0.2, 0) is 4.79 Å². The highest BCUT2D eigenvalue weighted by molar-refractivity contribution is 6.31. The SMILES string of the molecule is C=N/C(=N\C(=C/C)N(CC(C)C)C(=O)C1CC1)N[C@@H](C)c1cc2cc(Cl)ccc2[nH]c1=O. The topological polar surface area (TPSA) is 89.9 Å². The van der Waals surface area contributed by atoms with Crippen LogP contribution in [0.3, 0.4) is 0 Å². The van der Waals surface area contributed by atoms with Crippen LogP contribution in [0.25, 0.3) is 10.9 Å². The average molecular weight is 456 g/mol. The number of benzene rings is 1. The number of halogens is 1. The number of hydrogen-bond donors (Lipinski definition) is 2. The standard InChI is InChI=1S/C24H30ClN5O2/c1-6-21(30(13-14(2)3)23(32)16-7-8-16)29-24(26-5)27-15(4)19-12-17-11-18(25)9-10-20(17)28-22(19)31/h6,9-12,14-16H,5,7-8,13H2,1-4H3,(H,27,29)(H,28,31)/b21-6+/t15-/m0/s1. The molecule has 1 aliphatic rings. The largest absolute Gasteiger partial charge is 0.347 e. The molecule has 8 heteroatoms. The lowest BCUT2D eigenvalue weighted by Crippen LogP contribution is -2.35. The number of carbonyl (C=O) groups excluding carboxylic acids is 1. The molecule has 2 N–H and O–H groups in total. The summed E-state index contributed by atoms with van der Waals surface area (Å²) in [6.07, 6.45) is 3.64. The second-order valence-electron chi connectivity index (χ2n) is 8.51. The van der Waals surface area contributed by atoms with Crippen LogP contribution in [0.1, 0.15) is 52.1 Å². The van der Waals surface area contributed by atoms with Gasteiger partial charge in [-0.1, -0.05) is 25.4 Å². The maximum Gasteiger partial charge on any atom is 0.253 e. The van der Waals surface area contributed by atoms with Crippen LogP contribution in [0.4, 0.5) is 0 Å². The van der Waals surface area contributed by atoms with E-state index in [0.29, 0.717) is 28.5 Å². The molecule has 7 nitrogen and oxygen atoms in total. The number of H-pyrrole nitrogens is 1. The number of fused-ring (bicyclic) bond motifs is 1. The normalized spacial score (nSPS) is 15.7. The predicted octanol–water partition coefficient (Wildman–Crippen LogP) is 4.64. The Balaban J connectivity index is 1.87. The maximum atomic E-state index is 12.8. The Morgan fingerprint density at radius 2 is 2.06 bits per heavy atom. The van der Waals surface area contributed by atoms with Crippen LogP contribution in [0.15, 0.2) is 50.9 Å². The van der Waals surface area contributed by atoms with E-state index in [0.717, 1.165) is 18.2 Å². The molecule has 170 valence electrons. The molecule has 1 heterocycles. The van der Waals surface area contributed by atoms with E-state index in [2.05, 4.69) is 40.9 Å². The smallest absolute Gasteiger partial charge is 0.253 e. The fourth-order valence-electron chi connectivity index (χ4n) is 3.50. The van der Waals surface area contributed by atoms with E-state index in [1.807, 2.05) is 13.8 Å². The molecular weight excluding hydrogens is 426 g/mol. The van der Waals surface area contributed by atoms with Gasteiger partial charge < -0.3 is 10.3 Å². The molecular formula is C24H30ClN5O2. The zero-order valence-electron chi connectivity index (χ0n) is 19.0. The van der Waals surface area contributed by atoms with Crippen LogP contribution in [0.5, 0.6) is 0 Å². The lowest BCUT2D eigenvalue weighted by molar-refractivity contribution is -0.131. The maximum absolute atomic E-state index is 12.8. The summed E-state index contributed by atoms with van der Waals surface area (Å²) in [6.45, 7) is 12.0. The number of hydrogen-bond acceptors (Lipinski definition) is 3. The molecule has 1 aromatic heterocycles. The Morgan fingerprint density at radius 1 is 1.34 bits per heavy atom. The summed E-state index contributed by atoms with van der Waals surface area (Å²) in [5.41, 5.74) is 1.02. The number of aromatic amines is 1. The number of pyridine rings is 1. The first-order valence-electron chi connectivity index (χ1n) is 10.9. The Bertz CT molecular complexity index is 1130. The van der Waals surface area contributed by atoms with E-state index in [4.69, 9.17) is 11.6 Å². The van der Waals surface area contributed by atoms with E-state index in [1.165, 1.54) is 0 Å². The van der Waals surface area contributed by atoms with Crippen molar-refractivity contribution in [3.8, 4) is 0 Å². The third kappa shape index (κ3) is 5.65. The second kappa shape index (κ2) is 10.1. The van der Waals surface area contributed by atoms with Gasteiger partial charge in [0.05, 0.1) is 6.04 Å². The molecule has 1 amide bonds. The number of rotatable bonds is 7. The Morgan fingerprint density at radius 3 is 2.66 bits per heavy atom. The number of nitrogens with one attached hydrogen (secondary N) is 2. The lowest BCUT2D eigenvalue weighted by atomic mass is 10.1. The second-order valence-corrected chi connectivity index (χ2v) is 8.95. The highest BCUT2D eigenvalue weighted by Gasteiger charge is 2.35. The monoisotopic (exact) mass is 455 g/mol. The van der Waals surface area contributed by atoms with Crippen molar-refractivity contribution in [3.63, 3.8) is 0 Å². The van der Waals surface area contributed by atoms with Gasteiger partial charge >= 0.3 is 0 Å². The molecule has 0 unspecified atom stereocenters. The highest BCUT2D eigenvalue weighted by atomic mass is 35.5. The quantitative estimate of drug-likeness (QED) is 0.470. The van der Waals surface area contributed by atoms with Crippen LogP contribution >= 0.6 is 11.6 Å². The van der Waals surface area contributed by atoms with Gasteiger partial charge in [-0.25, -0.2) is 4.99 Å². The van der Waals surface area contributed by atoms with Gasteiger partial charge in [0, 0.05) is 34.0 Å². The molecule has 0 aliphatic heterocycles. The molecule has 1 aromatic carbocycles. The number of aromatic nitrogens is 1. The van der Waals surface area contributed by atoms with Crippen molar-refractivity contribution in [2.24, 2.45) is 21.8 Å². The average Bonchev–Trinajstić information content (AvgIpc) is 3.59. The number of nitrogens with zero attached hydrogens (tertiary/aromatic N) is 3. The zero-order valence-corrected chi connectivity index (χ0v) is 19.7. The predicted molar refractivity (Wildman–Crippen MR) is 131 cm³/mol. The minimum atomic E-state index is -0.401. The first-order chi connectivity index (χ1) is 15.2. The molecule has 1 atom stereocenters. The first-order valence-corrected chi connectivity index (χ1v) is 11.2. The number of aliphatic imine (C=N–C) groups is 2. The summed E-state index contributed by atoms with van der Waals surface area (Å²) in [6, 6.07) is 6.71. The first kappa shape index (κ1) is 23.7. The number of guanidine groups is 1. The van der Waals surface area contributed by atoms with Crippen molar-refractivity contribution in [1.82, 2.24) is 15.2 Å². The molecule has 1 saturated carbocycles. The number of amides is 1. The van der Waals surface area contributed by atoms with Gasteiger partial charge in [0.25, 0.3) is 5.56 Å². The Hall–Kier alpha value is -2.93. The van der Waals surface area contributed by atoms with Crippen molar-refractivity contribution in [2.45, 2.75) is 46.6 Å². The van der Waals surface area contributed by atoms with Gasteiger partial charge in [0.15, 0.2) is 0 Å². The van der Waals surface area contributed by atoms with Crippen molar-refractivity contribution in [3.05, 3.63) is 57.1 Å². The number of carbonyl (C=O) groups is 1. The third-order valence-corrected chi connectivity index (χ3v) is 5.53. The van der Waals surface area contributed by atoms with Crippen LogP contribution in [0.2, 0.25) is 5.02 Å². The molecule has 0 bridgehead atoms. The van der Waals surface area contributed by atoms with Gasteiger partial charge in [-0.2, -0.15) is 4.99 Å².